The molecule has 5 nitrogen and oxygen atoms in total. The van der Waals surface area contributed by atoms with Crippen LogP contribution in [0.5, 0.6) is 0 Å². The molecule has 0 aliphatic carbocycles. The average Bonchev–Trinajstić information content (AvgIpc) is 3.00. The molecule has 0 aliphatic rings. The molecule has 0 N–H and O–H groups in total. The van der Waals surface area contributed by atoms with Gasteiger partial charge in [0, 0.05) is 46.3 Å². The summed E-state index contributed by atoms with van der Waals surface area (Å²) in [5.74, 6) is 0. The Morgan fingerprint density at radius 2 is 1.50 bits per heavy atom. The summed E-state index contributed by atoms with van der Waals surface area (Å²) in [6.45, 7) is 1.08. The SMILES string of the molecule is CO[Si](CCCCCCCCn1ccnc1)(OC)OC. The maximum Gasteiger partial charge on any atom is 0.500 e. The number of aromatic nitrogens is 2. The number of rotatable bonds is 12. The van der Waals surface area contributed by atoms with Gasteiger partial charge in [-0.25, -0.2) is 4.98 Å². The first-order valence-electron chi connectivity index (χ1n) is 7.37. The second-order valence-electron chi connectivity index (χ2n) is 4.97. The van der Waals surface area contributed by atoms with E-state index in [2.05, 4.69) is 9.55 Å². The van der Waals surface area contributed by atoms with Gasteiger partial charge in [0.1, 0.15) is 0 Å². The van der Waals surface area contributed by atoms with E-state index in [1.54, 1.807) is 21.3 Å². The van der Waals surface area contributed by atoms with Crippen molar-refractivity contribution in [2.45, 2.75) is 51.1 Å². The van der Waals surface area contributed by atoms with Gasteiger partial charge in [-0.1, -0.05) is 25.7 Å². The molecule has 1 aromatic rings. The quantitative estimate of drug-likeness (QED) is 0.439. The van der Waals surface area contributed by atoms with Crippen LogP contribution in [0.1, 0.15) is 38.5 Å². The first-order valence-corrected chi connectivity index (χ1v) is 9.30. The lowest BCUT2D eigenvalue weighted by molar-refractivity contribution is 0.122. The van der Waals surface area contributed by atoms with Crippen molar-refractivity contribution in [3.63, 3.8) is 0 Å². The summed E-state index contributed by atoms with van der Waals surface area (Å²) in [5, 5.41) is 0. The maximum absolute atomic E-state index is 5.41. The summed E-state index contributed by atoms with van der Waals surface area (Å²) in [5.41, 5.74) is 0. The van der Waals surface area contributed by atoms with Crippen LogP contribution in [-0.4, -0.2) is 39.7 Å². The molecule has 1 rings (SSSR count). The molecule has 0 aliphatic heterocycles. The predicted molar refractivity (Wildman–Crippen MR) is 81.5 cm³/mol. The summed E-state index contributed by atoms with van der Waals surface area (Å²) in [4.78, 5) is 4.04. The fourth-order valence-corrected chi connectivity index (χ4v) is 4.11. The molecule has 0 amide bonds. The topological polar surface area (TPSA) is 45.5 Å². The van der Waals surface area contributed by atoms with Gasteiger partial charge in [0.25, 0.3) is 0 Å². The zero-order valence-electron chi connectivity index (χ0n) is 13.0. The summed E-state index contributed by atoms with van der Waals surface area (Å²) >= 11 is 0. The zero-order valence-corrected chi connectivity index (χ0v) is 14.0. The molecule has 1 aromatic heterocycles. The average molecular weight is 300 g/mol. The molecule has 6 heteroatoms. The van der Waals surface area contributed by atoms with Crippen LogP contribution in [0.4, 0.5) is 0 Å². The normalized spacial score (nSPS) is 11.9. The van der Waals surface area contributed by atoms with Crippen molar-refractivity contribution in [2.24, 2.45) is 0 Å². The van der Waals surface area contributed by atoms with E-state index in [4.69, 9.17) is 13.3 Å². The van der Waals surface area contributed by atoms with Crippen molar-refractivity contribution >= 4 is 8.80 Å². The van der Waals surface area contributed by atoms with Crippen molar-refractivity contribution in [3.05, 3.63) is 18.7 Å². The Morgan fingerprint density at radius 1 is 0.900 bits per heavy atom. The Kier molecular flexibility index (Phi) is 8.76. The predicted octanol–water partition coefficient (Wildman–Crippen LogP) is 3.10. The molecule has 0 unspecified atom stereocenters. The van der Waals surface area contributed by atoms with Crippen LogP contribution in [0.25, 0.3) is 0 Å². The van der Waals surface area contributed by atoms with Gasteiger partial charge >= 0.3 is 8.80 Å². The van der Waals surface area contributed by atoms with Crippen molar-refractivity contribution < 1.29 is 13.3 Å². The smallest absolute Gasteiger partial charge is 0.377 e. The van der Waals surface area contributed by atoms with Gasteiger partial charge in [-0.15, -0.1) is 0 Å². The van der Waals surface area contributed by atoms with Crippen molar-refractivity contribution in [3.8, 4) is 0 Å². The van der Waals surface area contributed by atoms with E-state index in [1.807, 2.05) is 18.7 Å². The van der Waals surface area contributed by atoms with Gasteiger partial charge in [-0.3, -0.25) is 0 Å². The number of hydrogen-bond acceptors (Lipinski definition) is 4. The lowest BCUT2D eigenvalue weighted by atomic mass is 10.1. The zero-order chi connectivity index (χ0) is 14.7. The molecular formula is C14H28N2O3Si. The summed E-state index contributed by atoms with van der Waals surface area (Å²) in [7, 11) is 2.69. The van der Waals surface area contributed by atoms with Crippen LogP contribution in [0.3, 0.4) is 0 Å². The van der Waals surface area contributed by atoms with Crippen LogP contribution in [-0.2, 0) is 19.8 Å². The van der Waals surface area contributed by atoms with E-state index in [0.29, 0.717) is 0 Å². The molecule has 0 saturated carbocycles. The number of imidazole rings is 1. The third-order valence-electron chi connectivity index (χ3n) is 3.64. The number of nitrogens with zero attached hydrogens (tertiary/aromatic N) is 2. The lowest BCUT2D eigenvalue weighted by Gasteiger charge is -2.24. The van der Waals surface area contributed by atoms with Gasteiger partial charge in [0.15, 0.2) is 0 Å². The fraction of sp³-hybridized carbons (Fsp3) is 0.786. The second-order valence-corrected chi connectivity index (χ2v) is 8.06. The van der Waals surface area contributed by atoms with Gasteiger partial charge in [-0.2, -0.15) is 0 Å². The third-order valence-corrected chi connectivity index (χ3v) is 6.47. The van der Waals surface area contributed by atoms with E-state index in [0.717, 1.165) is 19.0 Å². The highest BCUT2D eigenvalue weighted by molar-refractivity contribution is 6.60. The Hall–Kier alpha value is -0.693. The molecule has 0 saturated heterocycles. The Bertz CT molecular complexity index is 321. The third kappa shape index (κ3) is 6.17. The minimum absolute atomic E-state index is 0.908. The van der Waals surface area contributed by atoms with Crippen LogP contribution in [0, 0.1) is 0 Å². The van der Waals surface area contributed by atoms with E-state index in [-0.39, 0.29) is 0 Å². The molecule has 0 bridgehead atoms. The standard InChI is InChI=1S/C14H28N2O3Si/c1-17-20(18-2,19-3)13-9-7-5-4-6-8-11-16-12-10-15-14-16/h10,12,14H,4-9,11,13H2,1-3H3. The lowest BCUT2D eigenvalue weighted by Crippen LogP contribution is -2.42. The number of hydrogen-bond donors (Lipinski definition) is 0. The van der Waals surface area contributed by atoms with Gasteiger partial charge < -0.3 is 17.8 Å². The van der Waals surface area contributed by atoms with Gasteiger partial charge in [0.05, 0.1) is 6.33 Å². The highest BCUT2D eigenvalue weighted by atomic mass is 28.4. The minimum atomic E-state index is -2.34. The summed E-state index contributed by atoms with van der Waals surface area (Å²) in [6, 6.07) is 0.908. The fourth-order valence-electron chi connectivity index (χ4n) is 2.32. The maximum atomic E-state index is 5.41. The highest BCUT2D eigenvalue weighted by Crippen LogP contribution is 2.18. The van der Waals surface area contributed by atoms with Crippen LogP contribution in [0.15, 0.2) is 18.7 Å². The molecular weight excluding hydrogens is 272 g/mol. The van der Waals surface area contributed by atoms with E-state index >= 15 is 0 Å². The molecule has 20 heavy (non-hydrogen) atoms. The molecule has 0 spiro atoms. The van der Waals surface area contributed by atoms with E-state index in [9.17, 15) is 0 Å². The molecule has 116 valence electrons. The van der Waals surface area contributed by atoms with Crippen LogP contribution in [0.2, 0.25) is 6.04 Å². The van der Waals surface area contributed by atoms with Crippen molar-refractivity contribution in [1.29, 1.82) is 0 Å². The Morgan fingerprint density at radius 3 is 2.05 bits per heavy atom. The Balaban J connectivity index is 1.96. The van der Waals surface area contributed by atoms with Gasteiger partial charge in [0.2, 0.25) is 0 Å². The number of aryl methyl sites for hydroxylation is 1. The first-order chi connectivity index (χ1) is 9.76. The number of unbranched alkanes of at least 4 members (excludes halogenated alkanes) is 5. The summed E-state index contributed by atoms with van der Waals surface area (Å²) < 4.78 is 18.4. The Labute approximate surface area is 123 Å². The molecule has 0 fully saturated rings. The second kappa shape index (κ2) is 10.1. The van der Waals surface area contributed by atoms with E-state index < -0.39 is 8.80 Å². The minimum Gasteiger partial charge on any atom is -0.377 e. The van der Waals surface area contributed by atoms with Crippen molar-refractivity contribution in [2.75, 3.05) is 21.3 Å². The molecule has 0 aromatic carbocycles. The van der Waals surface area contributed by atoms with E-state index in [1.165, 1.54) is 32.1 Å². The van der Waals surface area contributed by atoms with Crippen LogP contribution >= 0.6 is 0 Å². The molecule has 0 atom stereocenters. The molecule has 0 radical (unpaired) electrons. The monoisotopic (exact) mass is 300 g/mol. The van der Waals surface area contributed by atoms with Gasteiger partial charge in [-0.05, 0) is 12.8 Å². The first kappa shape index (κ1) is 17.4. The van der Waals surface area contributed by atoms with Crippen molar-refractivity contribution in [1.82, 2.24) is 9.55 Å². The summed E-state index contributed by atoms with van der Waals surface area (Å²) in [6.07, 6.45) is 13.1. The van der Waals surface area contributed by atoms with Crippen LogP contribution < -0.4 is 0 Å². The molecule has 1 heterocycles. The highest BCUT2D eigenvalue weighted by Gasteiger charge is 2.36. The largest absolute Gasteiger partial charge is 0.500 e.